The SMILES string of the molecule is Cc1nnc([C@H]2CO[C@@H]3CN(C(=O)c4cc(C)c(C)s4)C[C@H]23)o1. The topological polar surface area (TPSA) is 68.5 Å². The van der Waals surface area contributed by atoms with Crippen LogP contribution < -0.4 is 0 Å². The van der Waals surface area contributed by atoms with Crippen LogP contribution in [-0.2, 0) is 4.74 Å². The Kier molecular flexibility index (Phi) is 3.50. The summed E-state index contributed by atoms with van der Waals surface area (Å²) in [7, 11) is 0. The first kappa shape index (κ1) is 14.8. The van der Waals surface area contributed by atoms with Gasteiger partial charge in [0.15, 0.2) is 0 Å². The molecule has 0 saturated carbocycles. The Hall–Kier alpha value is -1.73. The zero-order valence-corrected chi connectivity index (χ0v) is 14.2. The van der Waals surface area contributed by atoms with Gasteiger partial charge in [-0.3, -0.25) is 4.79 Å². The average molecular weight is 333 g/mol. The molecule has 0 unspecified atom stereocenters. The minimum absolute atomic E-state index is 0.0679. The van der Waals surface area contributed by atoms with E-state index >= 15 is 0 Å². The molecule has 7 heteroatoms. The summed E-state index contributed by atoms with van der Waals surface area (Å²) >= 11 is 1.57. The molecule has 2 saturated heterocycles. The Morgan fingerprint density at radius 2 is 2.13 bits per heavy atom. The quantitative estimate of drug-likeness (QED) is 0.843. The van der Waals surface area contributed by atoms with E-state index in [1.54, 1.807) is 18.3 Å². The summed E-state index contributed by atoms with van der Waals surface area (Å²) in [6.45, 7) is 7.80. The summed E-state index contributed by atoms with van der Waals surface area (Å²) in [6, 6.07) is 1.98. The first-order valence-electron chi connectivity index (χ1n) is 7.81. The van der Waals surface area contributed by atoms with Crippen molar-refractivity contribution in [2.75, 3.05) is 19.7 Å². The molecule has 0 radical (unpaired) electrons. The van der Waals surface area contributed by atoms with Crippen molar-refractivity contribution < 1.29 is 13.9 Å². The molecule has 122 valence electrons. The second kappa shape index (κ2) is 5.42. The van der Waals surface area contributed by atoms with E-state index in [-0.39, 0.29) is 23.8 Å². The fourth-order valence-corrected chi connectivity index (χ4v) is 4.43. The van der Waals surface area contributed by atoms with Crippen molar-refractivity contribution >= 4 is 17.2 Å². The molecule has 23 heavy (non-hydrogen) atoms. The first-order valence-corrected chi connectivity index (χ1v) is 8.62. The van der Waals surface area contributed by atoms with Gasteiger partial charge in [0.1, 0.15) is 0 Å². The van der Waals surface area contributed by atoms with Crippen LogP contribution in [0.5, 0.6) is 0 Å². The molecule has 0 aliphatic carbocycles. The number of thiophene rings is 1. The minimum Gasteiger partial charge on any atom is -0.425 e. The molecular formula is C16H19N3O3S. The molecule has 4 heterocycles. The molecule has 0 bridgehead atoms. The minimum atomic E-state index is 0.0679. The van der Waals surface area contributed by atoms with Gasteiger partial charge in [0.2, 0.25) is 11.8 Å². The molecule has 4 rings (SSSR count). The number of fused-ring (bicyclic) bond motifs is 1. The van der Waals surface area contributed by atoms with Gasteiger partial charge in [0.05, 0.1) is 23.5 Å². The van der Waals surface area contributed by atoms with Crippen LogP contribution in [0.3, 0.4) is 0 Å². The summed E-state index contributed by atoms with van der Waals surface area (Å²) in [5.41, 5.74) is 1.17. The van der Waals surface area contributed by atoms with Crippen molar-refractivity contribution in [2.24, 2.45) is 5.92 Å². The van der Waals surface area contributed by atoms with E-state index in [0.29, 0.717) is 31.5 Å². The second-order valence-electron chi connectivity index (χ2n) is 6.36. The van der Waals surface area contributed by atoms with E-state index in [1.165, 1.54) is 10.4 Å². The van der Waals surface area contributed by atoms with Crippen LogP contribution in [0.4, 0.5) is 0 Å². The Labute approximate surface area is 138 Å². The third kappa shape index (κ3) is 2.48. The lowest BCUT2D eigenvalue weighted by molar-refractivity contribution is 0.0690. The maximum Gasteiger partial charge on any atom is 0.264 e. The average Bonchev–Trinajstić information content (AvgIpc) is 3.24. The van der Waals surface area contributed by atoms with E-state index < -0.39 is 0 Å². The van der Waals surface area contributed by atoms with Crippen molar-refractivity contribution in [1.29, 1.82) is 0 Å². The largest absolute Gasteiger partial charge is 0.425 e. The number of hydrogen-bond acceptors (Lipinski definition) is 6. The highest BCUT2D eigenvalue weighted by atomic mass is 32.1. The van der Waals surface area contributed by atoms with Gasteiger partial charge in [0, 0.05) is 30.8 Å². The highest BCUT2D eigenvalue weighted by molar-refractivity contribution is 7.14. The number of amides is 1. The smallest absolute Gasteiger partial charge is 0.264 e. The molecule has 0 aromatic carbocycles. The van der Waals surface area contributed by atoms with Crippen LogP contribution in [0.2, 0.25) is 0 Å². The van der Waals surface area contributed by atoms with Crippen LogP contribution >= 0.6 is 11.3 Å². The molecule has 0 N–H and O–H groups in total. The number of aryl methyl sites for hydroxylation is 3. The van der Waals surface area contributed by atoms with Gasteiger partial charge in [-0.15, -0.1) is 21.5 Å². The van der Waals surface area contributed by atoms with Gasteiger partial charge in [-0.1, -0.05) is 0 Å². The lowest BCUT2D eigenvalue weighted by Gasteiger charge is -2.17. The molecule has 2 aromatic heterocycles. The van der Waals surface area contributed by atoms with Gasteiger partial charge in [0.25, 0.3) is 5.91 Å². The monoisotopic (exact) mass is 333 g/mol. The number of carbonyl (C=O) groups is 1. The third-order valence-corrected chi connectivity index (χ3v) is 5.98. The summed E-state index contributed by atoms with van der Waals surface area (Å²) in [5.74, 6) is 1.63. The maximum absolute atomic E-state index is 12.7. The molecule has 3 atom stereocenters. The Morgan fingerprint density at radius 3 is 2.78 bits per heavy atom. The molecule has 1 amide bonds. The van der Waals surface area contributed by atoms with Gasteiger partial charge in [-0.2, -0.15) is 0 Å². The zero-order chi connectivity index (χ0) is 16.1. The zero-order valence-electron chi connectivity index (χ0n) is 13.4. The highest BCUT2D eigenvalue weighted by Crippen LogP contribution is 2.40. The van der Waals surface area contributed by atoms with Gasteiger partial charge >= 0.3 is 0 Å². The number of nitrogens with zero attached hydrogens (tertiary/aromatic N) is 3. The van der Waals surface area contributed by atoms with Crippen LogP contribution in [0.15, 0.2) is 10.5 Å². The van der Waals surface area contributed by atoms with Crippen LogP contribution in [0.1, 0.15) is 37.8 Å². The molecule has 2 aliphatic heterocycles. The van der Waals surface area contributed by atoms with Crippen LogP contribution in [0.25, 0.3) is 0 Å². The number of ether oxygens (including phenoxy) is 1. The van der Waals surface area contributed by atoms with Crippen molar-refractivity contribution in [2.45, 2.75) is 32.8 Å². The molecule has 2 aliphatic rings. The van der Waals surface area contributed by atoms with E-state index in [9.17, 15) is 4.79 Å². The molecular weight excluding hydrogens is 314 g/mol. The van der Waals surface area contributed by atoms with E-state index in [0.717, 1.165) is 4.88 Å². The standard InChI is InChI=1S/C16H19N3O3S/c1-8-4-14(23-9(8)2)16(20)19-5-11-12(7-21-13(11)6-19)15-18-17-10(3)22-15/h4,11-13H,5-7H2,1-3H3/t11-,12+,13-/m1/s1. The predicted molar refractivity (Wildman–Crippen MR) is 84.7 cm³/mol. The lowest BCUT2D eigenvalue weighted by atomic mass is 9.93. The normalized spacial score (nSPS) is 26.7. The molecule has 2 aromatic rings. The summed E-state index contributed by atoms with van der Waals surface area (Å²) in [6.07, 6.45) is 0.0679. The number of carbonyl (C=O) groups excluding carboxylic acids is 1. The molecule has 0 spiro atoms. The van der Waals surface area contributed by atoms with Crippen molar-refractivity contribution in [3.8, 4) is 0 Å². The maximum atomic E-state index is 12.7. The fourth-order valence-electron chi connectivity index (χ4n) is 3.43. The van der Waals surface area contributed by atoms with Crippen molar-refractivity contribution in [3.63, 3.8) is 0 Å². The Bertz CT molecular complexity index is 734. The number of hydrogen-bond donors (Lipinski definition) is 0. The Morgan fingerprint density at radius 1 is 1.30 bits per heavy atom. The second-order valence-corrected chi connectivity index (χ2v) is 7.62. The van der Waals surface area contributed by atoms with E-state index in [1.807, 2.05) is 24.8 Å². The van der Waals surface area contributed by atoms with Crippen LogP contribution in [-0.4, -0.2) is 46.8 Å². The first-order chi connectivity index (χ1) is 11.0. The van der Waals surface area contributed by atoms with Gasteiger partial charge in [-0.25, -0.2) is 0 Å². The van der Waals surface area contributed by atoms with Gasteiger partial charge in [-0.05, 0) is 25.5 Å². The van der Waals surface area contributed by atoms with E-state index in [2.05, 4.69) is 10.2 Å². The highest BCUT2D eigenvalue weighted by Gasteiger charge is 2.48. The van der Waals surface area contributed by atoms with Crippen molar-refractivity contribution in [1.82, 2.24) is 15.1 Å². The third-order valence-electron chi connectivity index (χ3n) is 4.84. The lowest BCUT2D eigenvalue weighted by Crippen LogP contribution is -2.30. The predicted octanol–water partition coefficient (Wildman–Crippen LogP) is 2.31. The van der Waals surface area contributed by atoms with Gasteiger partial charge < -0.3 is 14.1 Å². The summed E-state index contributed by atoms with van der Waals surface area (Å²) in [4.78, 5) is 16.6. The molecule has 6 nitrogen and oxygen atoms in total. The number of aromatic nitrogens is 2. The number of likely N-dealkylation sites (tertiary alicyclic amines) is 1. The van der Waals surface area contributed by atoms with Crippen LogP contribution in [0, 0.1) is 26.7 Å². The Balaban J connectivity index is 1.51. The number of rotatable bonds is 2. The van der Waals surface area contributed by atoms with E-state index in [4.69, 9.17) is 9.15 Å². The summed E-state index contributed by atoms with van der Waals surface area (Å²) < 4.78 is 11.5. The van der Waals surface area contributed by atoms with Crippen molar-refractivity contribution in [3.05, 3.63) is 33.2 Å². The molecule has 2 fully saturated rings. The summed E-state index contributed by atoms with van der Waals surface area (Å²) in [5, 5.41) is 8.04. The fraction of sp³-hybridized carbons (Fsp3) is 0.562.